The zero-order valence-electron chi connectivity index (χ0n) is 14.0. The molecule has 0 aliphatic carbocycles. The topological polar surface area (TPSA) is 59.1 Å². The molecule has 25 heavy (non-hydrogen) atoms. The van der Waals surface area contributed by atoms with Crippen LogP contribution in [0, 0.1) is 18.3 Å². The van der Waals surface area contributed by atoms with E-state index in [1.54, 1.807) is 6.08 Å². The Morgan fingerprint density at radius 2 is 1.88 bits per heavy atom. The van der Waals surface area contributed by atoms with Crippen LogP contribution < -0.4 is 4.74 Å². The summed E-state index contributed by atoms with van der Waals surface area (Å²) in [6.45, 7) is 2.44. The Bertz CT molecular complexity index is 888. The fourth-order valence-corrected chi connectivity index (χ4v) is 2.44. The molecule has 0 saturated carbocycles. The van der Waals surface area contributed by atoms with Gasteiger partial charge in [0.2, 0.25) is 5.89 Å². The van der Waals surface area contributed by atoms with Gasteiger partial charge >= 0.3 is 0 Å². The number of ether oxygens (including phenoxy) is 1. The van der Waals surface area contributed by atoms with E-state index >= 15 is 0 Å². The van der Waals surface area contributed by atoms with Crippen LogP contribution in [-0.4, -0.2) is 11.6 Å². The smallest absolute Gasteiger partial charge is 0.226 e. The van der Waals surface area contributed by atoms with Crippen LogP contribution in [0.15, 0.2) is 65.1 Å². The van der Waals surface area contributed by atoms with Crippen molar-refractivity contribution in [1.29, 1.82) is 5.26 Å². The summed E-state index contributed by atoms with van der Waals surface area (Å²) in [7, 11) is 0. The molecule has 0 unspecified atom stereocenters. The molecule has 0 spiro atoms. The molecule has 0 atom stereocenters. The molecule has 3 rings (SSSR count). The molecule has 0 amide bonds. The fraction of sp³-hybridized carbons (Fsp3) is 0.143. The van der Waals surface area contributed by atoms with Gasteiger partial charge in [0.15, 0.2) is 0 Å². The first-order valence-corrected chi connectivity index (χ1v) is 8.07. The number of aryl methyl sites for hydroxylation is 1. The quantitative estimate of drug-likeness (QED) is 0.609. The van der Waals surface area contributed by atoms with Gasteiger partial charge in [-0.15, -0.1) is 0 Å². The summed E-state index contributed by atoms with van der Waals surface area (Å²) in [4.78, 5) is 4.57. The van der Waals surface area contributed by atoms with Crippen LogP contribution in [0.3, 0.4) is 0 Å². The van der Waals surface area contributed by atoms with Crippen molar-refractivity contribution >= 4 is 6.08 Å². The number of hydrogen-bond acceptors (Lipinski definition) is 4. The number of allylic oxidation sites excluding steroid dienone is 1. The van der Waals surface area contributed by atoms with Crippen molar-refractivity contribution in [2.24, 2.45) is 0 Å². The molecule has 124 valence electrons. The van der Waals surface area contributed by atoms with Crippen LogP contribution in [0.5, 0.6) is 5.75 Å². The molecule has 0 radical (unpaired) electrons. The maximum absolute atomic E-state index is 8.53. The second kappa shape index (κ2) is 7.98. The van der Waals surface area contributed by atoms with Crippen LogP contribution in [0.4, 0.5) is 0 Å². The van der Waals surface area contributed by atoms with Crippen molar-refractivity contribution in [2.45, 2.75) is 13.3 Å². The highest BCUT2D eigenvalue weighted by molar-refractivity contribution is 5.53. The average molecular weight is 330 g/mol. The van der Waals surface area contributed by atoms with E-state index in [2.05, 4.69) is 4.98 Å². The first-order valence-electron chi connectivity index (χ1n) is 8.07. The van der Waals surface area contributed by atoms with Crippen LogP contribution in [-0.2, 0) is 6.42 Å². The molecule has 3 aromatic rings. The molecule has 0 saturated heterocycles. The first-order chi connectivity index (χ1) is 12.3. The normalized spacial score (nSPS) is 10.7. The minimum absolute atomic E-state index is 0.523. The van der Waals surface area contributed by atoms with Gasteiger partial charge in [-0.05, 0) is 42.8 Å². The largest absolute Gasteiger partial charge is 0.493 e. The molecule has 4 heteroatoms. The number of aromatic nitrogens is 1. The van der Waals surface area contributed by atoms with Gasteiger partial charge in [0.25, 0.3) is 0 Å². The Morgan fingerprint density at radius 3 is 2.60 bits per heavy atom. The summed E-state index contributed by atoms with van der Waals surface area (Å²) in [5.74, 6) is 2.25. The van der Waals surface area contributed by atoms with Gasteiger partial charge in [0, 0.05) is 18.1 Å². The van der Waals surface area contributed by atoms with Crippen molar-refractivity contribution in [3.8, 4) is 23.3 Å². The van der Waals surface area contributed by atoms with Crippen LogP contribution >= 0.6 is 0 Å². The summed E-state index contributed by atoms with van der Waals surface area (Å²) in [5, 5.41) is 8.53. The second-order valence-corrected chi connectivity index (χ2v) is 5.52. The van der Waals surface area contributed by atoms with Crippen molar-refractivity contribution in [3.63, 3.8) is 0 Å². The molecule has 0 aliphatic heterocycles. The average Bonchev–Trinajstić information content (AvgIpc) is 3.03. The number of rotatable bonds is 6. The van der Waals surface area contributed by atoms with Crippen molar-refractivity contribution in [1.82, 2.24) is 4.98 Å². The van der Waals surface area contributed by atoms with Crippen LogP contribution in [0.25, 0.3) is 17.5 Å². The Balaban J connectivity index is 1.58. The Morgan fingerprint density at radius 1 is 1.12 bits per heavy atom. The highest BCUT2D eigenvalue weighted by Gasteiger charge is 2.11. The Hall–Kier alpha value is -3.32. The van der Waals surface area contributed by atoms with Gasteiger partial charge in [-0.1, -0.05) is 30.3 Å². The lowest BCUT2D eigenvalue weighted by molar-refractivity contribution is 0.320. The SMILES string of the molecule is Cc1oc(-c2ccccc2)nc1CCOc1ccc(/C=C/C#N)cc1. The number of oxazole rings is 1. The van der Waals surface area contributed by atoms with E-state index in [4.69, 9.17) is 14.4 Å². The minimum atomic E-state index is 0.523. The Kier molecular flexibility index (Phi) is 5.28. The third-order valence-electron chi connectivity index (χ3n) is 3.75. The number of nitrogens with zero attached hydrogens (tertiary/aromatic N) is 2. The maximum atomic E-state index is 8.53. The van der Waals surface area contributed by atoms with Crippen molar-refractivity contribution in [2.75, 3.05) is 6.61 Å². The molecule has 1 heterocycles. The van der Waals surface area contributed by atoms with Crippen molar-refractivity contribution < 1.29 is 9.15 Å². The molecule has 1 aromatic heterocycles. The summed E-state index contributed by atoms with van der Waals surface area (Å²) in [6, 6.07) is 19.4. The van der Waals surface area contributed by atoms with E-state index in [0.717, 1.165) is 28.3 Å². The summed E-state index contributed by atoms with van der Waals surface area (Å²) >= 11 is 0. The highest BCUT2D eigenvalue weighted by Crippen LogP contribution is 2.22. The van der Waals surface area contributed by atoms with Crippen LogP contribution in [0.2, 0.25) is 0 Å². The zero-order valence-corrected chi connectivity index (χ0v) is 14.0. The molecule has 2 aromatic carbocycles. The molecular formula is C21H18N2O2. The third kappa shape index (κ3) is 4.36. The summed E-state index contributed by atoms with van der Waals surface area (Å²) < 4.78 is 11.5. The van der Waals surface area contributed by atoms with Gasteiger partial charge in [-0.25, -0.2) is 4.98 Å². The molecule has 4 nitrogen and oxygen atoms in total. The third-order valence-corrected chi connectivity index (χ3v) is 3.75. The van der Waals surface area contributed by atoms with Gasteiger partial charge < -0.3 is 9.15 Å². The number of nitriles is 1. The second-order valence-electron chi connectivity index (χ2n) is 5.52. The van der Waals surface area contributed by atoms with Crippen LogP contribution in [0.1, 0.15) is 17.0 Å². The molecule has 0 fully saturated rings. The molecule has 0 aliphatic rings. The molecular weight excluding hydrogens is 312 g/mol. The van der Waals surface area contributed by atoms with Gasteiger partial charge in [0.1, 0.15) is 11.5 Å². The Labute approximate surface area is 147 Å². The van der Waals surface area contributed by atoms with E-state index in [-0.39, 0.29) is 0 Å². The van der Waals surface area contributed by atoms with Gasteiger partial charge in [-0.3, -0.25) is 0 Å². The summed E-state index contributed by atoms with van der Waals surface area (Å²) in [6.07, 6.45) is 3.89. The number of benzene rings is 2. The van der Waals surface area contributed by atoms with E-state index in [1.807, 2.05) is 67.6 Å². The lowest BCUT2D eigenvalue weighted by Gasteiger charge is -2.05. The number of hydrogen-bond donors (Lipinski definition) is 0. The minimum Gasteiger partial charge on any atom is -0.493 e. The first kappa shape index (κ1) is 16.5. The fourth-order valence-electron chi connectivity index (χ4n) is 2.44. The highest BCUT2D eigenvalue weighted by atomic mass is 16.5. The van der Waals surface area contributed by atoms with Crippen molar-refractivity contribution in [3.05, 3.63) is 77.7 Å². The van der Waals surface area contributed by atoms with E-state index in [9.17, 15) is 0 Å². The van der Waals surface area contributed by atoms with Gasteiger partial charge in [-0.2, -0.15) is 5.26 Å². The predicted molar refractivity (Wildman–Crippen MR) is 97.0 cm³/mol. The standard InChI is InChI=1S/C21H18N2O2/c1-16-20(23-21(25-16)18-7-3-2-4-8-18)13-15-24-19-11-9-17(10-12-19)6-5-14-22/h2-12H,13,15H2,1H3/b6-5+. The van der Waals surface area contributed by atoms with E-state index < -0.39 is 0 Å². The van der Waals surface area contributed by atoms with E-state index in [1.165, 1.54) is 6.08 Å². The summed E-state index contributed by atoms with van der Waals surface area (Å²) in [5.41, 5.74) is 2.85. The predicted octanol–water partition coefficient (Wildman–Crippen LogP) is 4.81. The van der Waals surface area contributed by atoms with E-state index in [0.29, 0.717) is 18.9 Å². The zero-order chi connectivity index (χ0) is 17.5. The maximum Gasteiger partial charge on any atom is 0.226 e. The molecule has 0 N–H and O–H groups in total. The van der Waals surface area contributed by atoms with Gasteiger partial charge in [0.05, 0.1) is 18.4 Å². The monoisotopic (exact) mass is 330 g/mol. The lowest BCUT2D eigenvalue weighted by atomic mass is 10.2. The lowest BCUT2D eigenvalue weighted by Crippen LogP contribution is -2.02. The molecule has 0 bridgehead atoms.